The normalized spacial score (nSPS) is 47.3. The summed E-state index contributed by atoms with van der Waals surface area (Å²) in [5.41, 5.74) is 0. The van der Waals surface area contributed by atoms with Gasteiger partial charge in [0.25, 0.3) is 0 Å². The molecule has 13 heavy (non-hydrogen) atoms. The molecule has 2 heteroatoms. The molecule has 2 aliphatic rings. The van der Waals surface area contributed by atoms with Crippen molar-refractivity contribution in [3.05, 3.63) is 0 Å². The topological polar surface area (TPSA) is 12.5 Å². The van der Waals surface area contributed by atoms with Crippen LogP contribution in [0.1, 0.15) is 13.8 Å². The van der Waals surface area contributed by atoms with E-state index in [4.69, 9.17) is 4.74 Å². The summed E-state index contributed by atoms with van der Waals surface area (Å²) >= 11 is 0. The Hall–Kier alpha value is -0.0800. The monoisotopic (exact) mass is 183 g/mol. The molecular formula is C11H21NO. The van der Waals surface area contributed by atoms with E-state index in [2.05, 4.69) is 25.8 Å². The summed E-state index contributed by atoms with van der Waals surface area (Å²) in [6.07, 6.45) is 0. The molecule has 2 aliphatic heterocycles. The first-order chi connectivity index (χ1) is 6.18. The molecule has 76 valence electrons. The summed E-state index contributed by atoms with van der Waals surface area (Å²) in [5.74, 6) is 3.27. The average Bonchev–Trinajstić information content (AvgIpc) is 2.47. The third-order valence-corrected chi connectivity index (χ3v) is 3.97. The molecule has 2 heterocycles. The first kappa shape index (κ1) is 9.47. The zero-order chi connectivity index (χ0) is 9.42. The van der Waals surface area contributed by atoms with E-state index in [1.165, 1.54) is 13.1 Å². The molecule has 0 aromatic heterocycles. The fourth-order valence-corrected chi connectivity index (χ4v) is 2.94. The van der Waals surface area contributed by atoms with Crippen LogP contribution in [0.5, 0.6) is 0 Å². The lowest BCUT2D eigenvalue weighted by Gasteiger charge is -2.24. The molecule has 2 nitrogen and oxygen atoms in total. The molecule has 4 atom stereocenters. The van der Waals surface area contributed by atoms with Gasteiger partial charge in [-0.2, -0.15) is 0 Å². The molecule has 2 fully saturated rings. The molecule has 0 bridgehead atoms. The Morgan fingerprint density at radius 3 is 2.69 bits per heavy atom. The lowest BCUT2D eigenvalue weighted by molar-refractivity contribution is 0.150. The second-order valence-electron chi connectivity index (χ2n) is 5.02. The largest absolute Gasteiger partial charge is 0.381 e. The molecule has 0 aromatic rings. The van der Waals surface area contributed by atoms with Crippen molar-refractivity contribution in [2.45, 2.75) is 13.8 Å². The van der Waals surface area contributed by atoms with Crippen molar-refractivity contribution in [3.8, 4) is 0 Å². The van der Waals surface area contributed by atoms with Crippen LogP contribution in [0.25, 0.3) is 0 Å². The molecule has 0 saturated carbocycles. The Morgan fingerprint density at radius 2 is 1.92 bits per heavy atom. The lowest BCUT2D eigenvalue weighted by atomic mass is 9.80. The molecule has 0 aliphatic carbocycles. The van der Waals surface area contributed by atoms with Crippen LogP contribution in [-0.4, -0.2) is 38.3 Å². The van der Waals surface area contributed by atoms with E-state index in [1.54, 1.807) is 0 Å². The minimum absolute atomic E-state index is 0.796. The number of fused-ring (bicyclic) bond motifs is 1. The van der Waals surface area contributed by atoms with Crippen LogP contribution in [0, 0.1) is 23.7 Å². The molecule has 0 spiro atoms. The fraction of sp³-hybridized carbons (Fsp3) is 1.00. The van der Waals surface area contributed by atoms with Crippen molar-refractivity contribution in [2.75, 3.05) is 33.4 Å². The highest BCUT2D eigenvalue weighted by Crippen LogP contribution is 2.35. The molecule has 0 aromatic carbocycles. The third-order valence-electron chi connectivity index (χ3n) is 3.97. The number of nitrogens with zero attached hydrogens (tertiary/aromatic N) is 1. The van der Waals surface area contributed by atoms with Gasteiger partial charge in [-0.25, -0.2) is 0 Å². The number of likely N-dealkylation sites (tertiary alicyclic amines) is 1. The average molecular weight is 183 g/mol. The van der Waals surface area contributed by atoms with Crippen molar-refractivity contribution in [1.82, 2.24) is 4.90 Å². The Labute approximate surface area is 81.3 Å². The zero-order valence-electron chi connectivity index (χ0n) is 8.99. The van der Waals surface area contributed by atoms with Crippen molar-refractivity contribution < 1.29 is 4.74 Å². The number of hydrogen-bond acceptors (Lipinski definition) is 2. The molecule has 0 radical (unpaired) electrons. The van der Waals surface area contributed by atoms with Gasteiger partial charge < -0.3 is 9.64 Å². The smallest absolute Gasteiger partial charge is 0.0510 e. The summed E-state index contributed by atoms with van der Waals surface area (Å²) in [6, 6.07) is 0. The Kier molecular flexibility index (Phi) is 2.61. The maximum Gasteiger partial charge on any atom is 0.0510 e. The Balaban J connectivity index is 2.11. The van der Waals surface area contributed by atoms with E-state index < -0.39 is 0 Å². The summed E-state index contributed by atoms with van der Waals surface area (Å²) in [7, 11) is 2.24. The van der Waals surface area contributed by atoms with Crippen LogP contribution in [-0.2, 0) is 4.74 Å². The number of hydrogen-bond donors (Lipinski definition) is 0. The minimum atomic E-state index is 0.796. The van der Waals surface area contributed by atoms with Crippen molar-refractivity contribution in [1.29, 1.82) is 0 Å². The highest BCUT2D eigenvalue weighted by atomic mass is 16.5. The Morgan fingerprint density at radius 1 is 1.15 bits per heavy atom. The number of ether oxygens (including phenoxy) is 1. The van der Waals surface area contributed by atoms with Gasteiger partial charge in [0, 0.05) is 19.0 Å². The van der Waals surface area contributed by atoms with Gasteiger partial charge in [-0.05, 0) is 24.8 Å². The highest BCUT2D eigenvalue weighted by molar-refractivity contribution is 4.87. The van der Waals surface area contributed by atoms with Crippen molar-refractivity contribution in [2.24, 2.45) is 23.7 Å². The summed E-state index contributed by atoms with van der Waals surface area (Å²) < 4.78 is 5.59. The lowest BCUT2D eigenvalue weighted by Crippen LogP contribution is -2.27. The van der Waals surface area contributed by atoms with Gasteiger partial charge in [-0.1, -0.05) is 13.8 Å². The molecule has 0 amide bonds. The van der Waals surface area contributed by atoms with Gasteiger partial charge >= 0.3 is 0 Å². The van der Waals surface area contributed by atoms with Crippen molar-refractivity contribution in [3.63, 3.8) is 0 Å². The molecule has 2 saturated heterocycles. The van der Waals surface area contributed by atoms with Gasteiger partial charge in [0.05, 0.1) is 13.2 Å². The van der Waals surface area contributed by atoms with Crippen LogP contribution in [0.2, 0.25) is 0 Å². The predicted molar refractivity (Wildman–Crippen MR) is 53.6 cm³/mol. The maximum atomic E-state index is 5.59. The van der Waals surface area contributed by atoms with E-state index in [0.29, 0.717) is 0 Å². The summed E-state index contributed by atoms with van der Waals surface area (Å²) in [4.78, 5) is 2.47. The molecule has 2 rings (SSSR count). The molecule has 1 unspecified atom stereocenters. The van der Waals surface area contributed by atoms with Gasteiger partial charge in [0.2, 0.25) is 0 Å². The van der Waals surface area contributed by atoms with Crippen molar-refractivity contribution >= 4 is 0 Å². The first-order valence-corrected chi connectivity index (χ1v) is 5.44. The van der Waals surface area contributed by atoms with Crippen LogP contribution in [0.4, 0.5) is 0 Å². The second-order valence-corrected chi connectivity index (χ2v) is 5.02. The van der Waals surface area contributed by atoms with E-state index >= 15 is 0 Å². The molecule has 0 N–H and O–H groups in total. The van der Waals surface area contributed by atoms with Crippen LogP contribution in [0.15, 0.2) is 0 Å². The predicted octanol–water partition coefficient (Wildman–Crippen LogP) is 1.47. The van der Waals surface area contributed by atoms with Crippen LogP contribution >= 0.6 is 0 Å². The standard InChI is InChI=1S/C11H21NO/c1-8-4-12(3)5-10-6-13-7-11(10)9(8)2/h8-11H,4-7H2,1-3H3/t8-,9-,10-,11?/m1/s1. The van der Waals surface area contributed by atoms with Gasteiger partial charge in [0.15, 0.2) is 0 Å². The zero-order valence-corrected chi connectivity index (χ0v) is 8.99. The van der Waals surface area contributed by atoms with E-state index in [1.807, 2.05) is 0 Å². The highest BCUT2D eigenvalue weighted by Gasteiger charge is 2.38. The second kappa shape index (κ2) is 3.58. The minimum Gasteiger partial charge on any atom is -0.381 e. The SMILES string of the molecule is C[C@@H]1CN(C)C[C@@H]2COCC2[C@@H]1C. The van der Waals surface area contributed by atoms with Crippen LogP contribution < -0.4 is 0 Å². The fourth-order valence-electron chi connectivity index (χ4n) is 2.94. The summed E-state index contributed by atoms with van der Waals surface area (Å²) in [5, 5.41) is 0. The maximum absolute atomic E-state index is 5.59. The van der Waals surface area contributed by atoms with Crippen LogP contribution in [0.3, 0.4) is 0 Å². The third kappa shape index (κ3) is 1.75. The summed E-state index contributed by atoms with van der Waals surface area (Å²) in [6.45, 7) is 9.27. The first-order valence-electron chi connectivity index (χ1n) is 5.44. The van der Waals surface area contributed by atoms with Gasteiger partial charge in [-0.3, -0.25) is 0 Å². The van der Waals surface area contributed by atoms with Gasteiger partial charge in [-0.15, -0.1) is 0 Å². The van der Waals surface area contributed by atoms with Gasteiger partial charge in [0.1, 0.15) is 0 Å². The molecular weight excluding hydrogens is 162 g/mol. The van der Waals surface area contributed by atoms with E-state index in [9.17, 15) is 0 Å². The van der Waals surface area contributed by atoms with E-state index in [-0.39, 0.29) is 0 Å². The Bertz CT molecular complexity index is 181. The van der Waals surface area contributed by atoms with E-state index in [0.717, 1.165) is 36.9 Å². The number of rotatable bonds is 0. The quantitative estimate of drug-likeness (QED) is 0.564.